The van der Waals surface area contributed by atoms with Gasteiger partial charge in [-0.3, -0.25) is 4.79 Å². The van der Waals surface area contributed by atoms with E-state index >= 15 is 0 Å². The van der Waals surface area contributed by atoms with Crippen LogP contribution in [0.1, 0.15) is 16.1 Å². The molecular formula is C21H20N2O5S2. The Morgan fingerprint density at radius 1 is 1.10 bits per heavy atom. The molecule has 1 aliphatic rings. The molecule has 1 aromatic carbocycles. The van der Waals surface area contributed by atoms with Gasteiger partial charge in [-0.1, -0.05) is 18.2 Å². The number of esters is 1. The van der Waals surface area contributed by atoms with Crippen LogP contribution in [0, 0.1) is 0 Å². The quantitative estimate of drug-likeness (QED) is 0.546. The average Bonchev–Trinajstić information content (AvgIpc) is 3.47. The van der Waals surface area contributed by atoms with E-state index in [1.165, 1.54) is 16.2 Å². The molecule has 7 nitrogen and oxygen atoms in total. The number of hydrogen-bond donors (Lipinski definition) is 0. The van der Waals surface area contributed by atoms with E-state index in [1.54, 1.807) is 34.2 Å². The summed E-state index contributed by atoms with van der Waals surface area (Å²) in [6.07, 6.45) is 4.00. The zero-order valence-corrected chi connectivity index (χ0v) is 17.6. The number of thiophene rings is 1. The molecule has 3 aromatic rings. The predicted octanol–water partition coefficient (Wildman–Crippen LogP) is 2.92. The van der Waals surface area contributed by atoms with Crippen molar-refractivity contribution in [2.24, 2.45) is 0 Å². The number of anilines is 1. The predicted molar refractivity (Wildman–Crippen MR) is 115 cm³/mol. The first kappa shape index (κ1) is 20.4. The van der Waals surface area contributed by atoms with Crippen LogP contribution in [0.2, 0.25) is 0 Å². The Balaban J connectivity index is 1.50. The summed E-state index contributed by atoms with van der Waals surface area (Å²) < 4.78 is 31.0. The number of hydrogen-bond acceptors (Lipinski definition) is 6. The van der Waals surface area contributed by atoms with E-state index in [4.69, 9.17) is 4.74 Å². The van der Waals surface area contributed by atoms with Gasteiger partial charge in [-0.2, -0.15) is 0 Å². The number of ether oxygens (including phenoxy) is 1. The molecule has 1 amide bonds. The Morgan fingerprint density at radius 2 is 1.83 bits per heavy atom. The van der Waals surface area contributed by atoms with Crippen LogP contribution in [0.15, 0.2) is 66.3 Å². The van der Waals surface area contributed by atoms with Crippen LogP contribution in [-0.4, -0.2) is 49.0 Å². The maximum Gasteiger partial charge on any atom is 0.350 e. The van der Waals surface area contributed by atoms with E-state index in [-0.39, 0.29) is 11.5 Å². The Kier molecular flexibility index (Phi) is 5.74. The SMILES string of the molecule is O=C(OCC(=O)N(c1ccccc1)C1CCS(=O)(=O)C1)c1sccc1-n1cccc1. The van der Waals surface area contributed by atoms with Crippen molar-refractivity contribution < 1.29 is 22.7 Å². The van der Waals surface area contributed by atoms with Crippen molar-refractivity contribution in [1.29, 1.82) is 0 Å². The molecular weight excluding hydrogens is 424 g/mol. The molecule has 0 radical (unpaired) electrons. The molecule has 3 heterocycles. The van der Waals surface area contributed by atoms with Gasteiger partial charge in [-0.15, -0.1) is 11.3 Å². The number of amides is 1. The summed E-state index contributed by atoms with van der Waals surface area (Å²) >= 11 is 1.24. The highest BCUT2D eigenvalue weighted by molar-refractivity contribution is 7.91. The average molecular weight is 445 g/mol. The topological polar surface area (TPSA) is 85.7 Å². The highest BCUT2D eigenvalue weighted by Gasteiger charge is 2.36. The van der Waals surface area contributed by atoms with Crippen molar-refractivity contribution in [3.05, 3.63) is 71.2 Å². The van der Waals surface area contributed by atoms with Crippen molar-refractivity contribution in [2.75, 3.05) is 23.0 Å². The van der Waals surface area contributed by atoms with E-state index in [1.807, 2.05) is 36.7 Å². The van der Waals surface area contributed by atoms with Crippen molar-refractivity contribution in [3.63, 3.8) is 0 Å². The monoisotopic (exact) mass is 444 g/mol. The Bertz CT molecular complexity index is 1140. The standard InChI is InChI=1S/C21H20N2O5S2/c24-19(14-28-21(25)20-18(8-12-29-20)22-10-4-5-11-22)23(16-6-2-1-3-7-16)17-9-13-30(26,27)15-17/h1-8,10-12,17H,9,13-15H2. The summed E-state index contributed by atoms with van der Waals surface area (Å²) in [6.45, 7) is -0.465. The van der Waals surface area contributed by atoms with Gasteiger partial charge >= 0.3 is 5.97 Å². The molecule has 1 unspecified atom stereocenters. The first-order valence-electron chi connectivity index (χ1n) is 9.40. The Labute approximate surface area is 178 Å². The molecule has 1 atom stereocenters. The van der Waals surface area contributed by atoms with Gasteiger partial charge in [0, 0.05) is 18.1 Å². The fourth-order valence-corrected chi connectivity index (χ4v) is 6.02. The second kappa shape index (κ2) is 8.45. The molecule has 156 valence electrons. The van der Waals surface area contributed by atoms with Gasteiger partial charge in [0.15, 0.2) is 16.4 Å². The number of carbonyl (C=O) groups excluding carboxylic acids is 2. The first-order chi connectivity index (χ1) is 14.4. The molecule has 1 aliphatic heterocycles. The van der Waals surface area contributed by atoms with Crippen molar-refractivity contribution >= 4 is 38.7 Å². The summed E-state index contributed by atoms with van der Waals surface area (Å²) in [5.74, 6) is -1.09. The van der Waals surface area contributed by atoms with Gasteiger partial charge in [-0.25, -0.2) is 13.2 Å². The van der Waals surface area contributed by atoms with Crippen LogP contribution >= 0.6 is 11.3 Å². The summed E-state index contributed by atoms with van der Waals surface area (Å²) in [7, 11) is -3.18. The van der Waals surface area contributed by atoms with Crippen LogP contribution in [0.25, 0.3) is 5.69 Å². The van der Waals surface area contributed by atoms with Gasteiger partial charge in [-0.05, 0) is 42.1 Å². The maximum atomic E-state index is 13.0. The normalized spacial score (nSPS) is 17.5. The van der Waals surface area contributed by atoms with Crippen molar-refractivity contribution in [1.82, 2.24) is 4.57 Å². The van der Waals surface area contributed by atoms with Crippen LogP contribution in [-0.2, 0) is 19.4 Å². The smallest absolute Gasteiger partial charge is 0.350 e. The highest BCUT2D eigenvalue weighted by atomic mass is 32.2. The van der Waals surface area contributed by atoms with E-state index < -0.39 is 34.4 Å². The Morgan fingerprint density at radius 3 is 2.50 bits per heavy atom. The first-order valence-corrected chi connectivity index (χ1v) is 12.1. The maximum absolute atomic E-state index is 13.0. The molecule has 0 spiro atoms. The highest BCUT2D eigenvalue weighted by Crippen LogP contribution is 2.26. The minimum Gasteiger partial charge on any atom is -0.451 e. The van der Waals surface area contributed by atoms with E-state index in [9.17, 15) is 18.0 Å². The minimum absolute atomic E-state index is 0.0451. The summed E-state index contributed by atoms with van der Waals surface area (Å²) in [5.41, 5.74) is 1.27. The van der Waals surface area contributed by atoms with Crippen molar-refractivity contribution in [3.8, 4) is 5.69 Å². The molecule has 0 N–H and O–H groups in total. The van der Waals surface area contributed by atoms with Crippen LogP contribution in [0.4, 0.5) is 5.69 Å². The van der Waals surface area contributed by atoms with Crippen molar-refractivity contribution in [2.45, 2.75) is 12.5 Å². The minimum atomic E-state index is -3.18. The lowest BCUT2D eigenvalue weighted by Gasteiger charge is -2.28. The second-order valence-corrected chi connectivity index (χ2v) is 10.1. The largest absolute Gasteiger partial charge is 0.451 e. The molecule has 9 heteroatoms. The lowest BCUT2D eigenvalue weighted by molar-refractivity contribution is -0.122. The summed E-state index contributed by atoms with van der Waals surface area (Å²) in [4.78, 5) is 27.4. The third kappa shape index (κ3) is 4.31. The number of rotatable bonds is 6. The number of nitrogens with zero attached hydrogens (tertiary/aromatic N) is 2. The van der Waals surface area contributed by atoms with Gasteiger partial charge in [0.05, 0.1) is 23.2 Å². The van der Waals surface area contributed by atoms with Gasteiger partial charge in [0.1, 0.15) is 4.88 Å². The number of benzene rings is 1. The molecule has 4 rings (SSSR count). The molecule has 0 bridgehead atoms. The van der Waals surface area contributed by atoms with Crippen LogP contribution < -0.4 is 4.90 Å². The van der Waals surface area contributed by atoms with E-state index in [0.29, 0.717) is 22.7 Å². The molecule has 1 saturated heterocycles. The summed E-state index contributed by atoms with van der Waals surface area (Å²) in [6, 6.07) is 13.9. The molecule has 2 aromatic heterocycles. The fourth-order valence-electron chi connectivity index (χ4n) is 3.54. The second-order valence-electron chi connectivity index (χ2n) is 6.96. The number of aromatic nitrogens is 1. The number of sulfone groups is 1. The van der Waals surface area contributed by atoms with E-state index in [0.717, 1.165) is 0 Å². The third-order valence-corrected chi connectivity index (χ3v) is 7.55. The zero-order valence-electron chi connectivity index (χ0n) is 16.0. The summed E-state index contributed by atoms with van der Waals surface area (Å²) in [5, 5.41) is 1.79. The van der Waals surface area contributed by atoms with E-state index in [2.05, 4.69) is 0 Å². The lowest BCUT2D eigenvalue weighted by atomic mass is 10.2. The van der Waals surface area contributed by atoms with Crippen LogP contribution in [0.5, 0.6) is 0 Å². The van der Waals surface area contributed by atoms with Gasteiger partial charge < -0.3 is 14.2 Å². The van der Waals surface area contributed by atoms with Gasteiger partial charge in [0.2, 0.25) is 0 Å². The number of carbonyl (C=O) groups is 2. The Hall–Kier alpha value is -2.91. The molecule has 1 fully saturated rings. The zero-order chi connectivity index (χ0) is 21.1. The molecule has 0 aliphatic carbocycles. The fraction of sp³-hybridized carbons (Fsp3) is 0.238. The molecule has 0 saturated carbocycles. The third-order valence-electron chi connectivity index (χ3n) is 4.92. The van der Waals surface area contributed by atoms with Crippen LogP contribution in [0.3, 0.4) is 0 Å². The lowest BCUT2D eigenvalue weighted by Crippen LogP contribution is -2.43. The molecule has 30 heavy (non-hydrogen) atoms. The van der Waals surface area contributed by atoms with Gasteiger partial charge in [0.25, 0.3) is 5.91 Å². The number of para-hydroxylation sites is 1.